The first kappa shape index (κ1) is 20.6. The smallest absolute Gasteiger partial charge is 0.323 e. The van der Waals surface area contributed by atoms with E-state index in [4.69, 9.17) is 4.74 Å². The fraction of sp³-hybridized carbons (Fsp3) is 0.263. The third kappa shape index (κ3) is 5.04. The molecule has 29 heavy (non-hydrogen) atoms. The highest BCUT2D eigenvalue weighted by molar-refractivity contribution is 7.92. The van der Waals surface area contributed by atoms with Crippen LogP contribution in [0.3, 0.4) is 0 Å². The van der Waals surface area contributed by atoms with Crippen molar-refractivity contribution >= 4 is 32.7 Å². The van der Waals surface area contributed by atoms with Gasteiger partial charge in [0, 0.05) is 19.8 Å². The fourth-order valence-corrected chi connectivity index (χ4v) is 3.87. The number of carbonyl (C=O) groups is 1. The van der Waals surface area contributed by atoms with Crippen molar-refractivity contribution in [1.29, 1.82) is 0 Å². The molecule has 0 aliphatic rings. The normalized spacial score (nSPS) is 11.5. The summed E-state index contributed by atoms with van der Waals surface area (Å²) < 4.78 is 33.3. The van der Waals surface area contributed by atoms with E-state index < -0.39 is 15.7 Å². The third-order valence-electron chi connectivity index (χ3n) is 4.17. The van der Waals surface area contributed by atoms with E-state index in [0.717, 1.165) is 0 Å². The van der Waals surface area contributed by atoms with E-state index in [9.17, 15) is 18.0 Å². The molecule has 0 spiro atoms. The molecule has 0 atom stereocenters. The Kier molecular flexibility index (Phi) is 6.35. The van der Waals surface area contributed by atoms with Gasteiger partial charge in [-0.05, 0) is 43.7 Å². The molecule has 0 aliphatic heterocycles. The Hall–Kier alpha value is -3.11. The summed E-state index contributed by atoms with van der Waals surface area (Å²) in [4.78, 5) is 28.9. The van der Waals surface area contributed by atoms with E-state index in [-0.39, 0.29) is 22.1 Å². The number of fused-ring (bicyclic) bond motifs is 1. The van der Waals surface area contributed by atoms with Gasteiger partial charge in [-0.15, -0.1) is 0 Å². The van der Waals surface area contributed by atoms with Crippen LogP contribution in [0.5, 0.6) is 0 Å². The molecule has 1 aromatic heterocycles. The number of anilines is 1. The van der Waals surface area contributed by atoms with Gasteiger partial charge in [-0.3, -0.25) is 9.52 Å². The van der Waals surface area contributed by atoms with Crippen LogP contribution >= 0.6 is 0 Å². The highest BCUT2D eigenvalue weighted by atomic mass is 32.2. The van der Waals surface area contributed by atoms with Gasteiger partial charge in [0.05, 0.1) is 27.2 Å². The van der Waals surface area contributed by atoms with Gasteiger partial charge in [0.1, 0.15) is 0 Å². The predicted molar refractivity (Wildman–Crippen MR) is 110 cm³/mol. The zero-order valence-corrected chi connectivity index (χ0v) is 16.6. The minimum Gasteiger partial charge on any atom is -0.382 e. The second-order valence-corrected chi connectivity index (χ2v) is 7.93. The van der Waals surface area contributed by atoms with Crippen molar-refractivity contribution in [2.75, 3.05) is 24.5 Å². The molecule has 0 aliphatic carbocycles. The van der Waals surface area contributed by atoms with Gasteiger partial charge < -0.3 is 20.0 Å². The monoisotopic (exact) mass is 418 g/mol. The molecule has 1 heterocycles. The molecular weight excluding hydrogens is 396 g/mol. The van der Waals surface area contributed by atoms with Crippen LogP contribution < -0.4 is 15.7 Å². The van der Waals surface area contributed by atoms with Crippen LogP contribution in [-0.4, -0.2) is 44.1 Å². The van der Waals surface area contributed by atoms with Gasteiger partial charge in [-0.25, -0.2) is 13.2 Å². The minimum atomic E-state index is -3.97. The molecule has 9 nitrogen and oxygen atoms in total. The Labute approximate surface area is 167 Å². The lowest BCUT2D eigenvalue weighted by molar-refractivity contribution is 0.0945. The summed E-state index contributed by atoms with van der Waals surface area (Å²) >= 11 is 0. The predicted octanol–water partition coefficient (Wildman–Crippen LogP) is 1.81. The number of para-hydroxylation sites is 1. The van der Waals surface area contributed by atoms with E-state index in [2.05, 4.69) is 20.0 Å². The Morgan fingerprint density at radius 3 is 2.66 bits per heavy atom. The number of nitrogens with one attached hydrogen (secondary N) is 4. The molecule has 0 saturated carbocycles. The first-order valence-corrected chi connectivity index (χ1v) is 10.6. The lowest BCUT2D eigenvalue weighted by atomic mass is 10.1. The lowest BCUT2D eigenvalue weighted by Crippen LogP contribution is -2.27. The van der Waals surface area contributed by atoms with E-state index >= 15 is 0 Å². The van der Waals surface area contributed by atoms with Gasteiger partial charge in [0.15, 0.2) is 0 Å². The molecule has 0 saturated heterocycles. The van der Waals surface area contributed by atoms with Crippen LogP contribution in [0.25, 0.3) is 11.0 Å². The summed E-state index contributed by atoms with van der Waals surface area (Å²) in [6.07, 6.45) is 0.655. The molecule has 4 N–H and O–H groups in total. The van der Waals surface area contributed by atoms with Crippen LogP contribution in [0.2, 0.25) is 0 Å². The van der Waals surface area contributed by atoms with Gasteiger partial charge in [-0.2, -0.15) is 0 Å². The van der Waals surface area contributed by atoms with Crippen molar-refractivity contribution in [3.8, 4) is 0 Å². The summed E-state index contributed by atoms with van der Waals surface area (Å²) in [6, 6.07) is 10.6. The number of amides is 1. The molecular formula is C19H22N4O5S. The third-order valence-corrected chi connectivity index (χ3v) is 5.53. The van der Waals surface area contributed by atoms with Crippen molar-refractivity contribution < 1.29 is 17.9 Å². The van der Waals surface area contributed by atoms with Crippen molar-refractivity contribution in [3.63, 3.8) is 0 Å². The minimum absolute atomic E-state index is 0.0350. The molecule has 2 aromatic carbocycles. The Bertz CT molecular complexity index is 1170. The topological polar surface area (TPSA) is 133 Å². The van der Waals surface area contributed by atoms with E-state index in [1.54, 1.807) is 18.2 Å². The number of H-pyrrole nitrogens is 2. The maximum atomic E-state index is 12.8. The number of aromatic amines is 2. The van der Waals surface area contributed by atoms with Gasteiger partial charge in [0.25, 0.3) is 15.9 Å². The van der Waals surface area contributed by atoms with E-state index in [1.807, 2.05) is 6.92 Å². The van der Waals surface area contributed by atoms with E-state index in [0.29, 0.717) is 37.2 Å². The number of carbonyl (C=O) groups excluding carboxylic acids is 1. The molecule has 0 bridgehead atoms. The Balaban J connectivity index is 1.78. The zero-order valence-electron chi connectivity index (χ0n) is 15.8. The average molecular weight is 418 g/mol. The van der Waals surface area contributed by atoms with Crippen LogP contribution in [0, 0.1) is 0 Å². The molecule has 0 fully saturated rings. The summed E-state index contributed by atoms with van der Waals surface area (Å²) in [5.74, 6) is -0.384. The maximum Gasteiger partial charge on any atom is 0.323 e. The molecule has 0 radical (unpaired) electrons. The van der Waals surface area contributed by atoms with Crippen LogP contribution in [-0.2, 0) is 14.8 Å². The number of aromatic nitrogens is 2. The molecule has 154 valence electrons. The van der Waals surface area contributed by atoms with Crippen molar-refractivity contribution in [3.05, 3.63) is 58.5 Å². The number of imidazole rings is 1. The molecule has 3 rings (SSSR count). The lowest BCUT2D eigenvalue weighted by Gasteiger charge is -2.13. The van der Waals surface area contributed by atoms with Gasteiger partial charge in [-0.1, -0.05) is 12.1 Å². The highest BCUT2D eigenvalue weighted by Gasteiger charge is 2.19. The van der Waals surface area contributed by atoms with Crippen molar-refractivity contribution in [1.82, 2.24) is 15.3 Å². The summed E-state index contributed by atoms with van der Waals surface area (Å²) in [5.41, 5.74) is 0.828. The number of hydrogen-bond donors (Lipinski definition) is 4. The van der Waals surface area contributed by atoms with Crippen LogP contribution in [0.1, 0.15) is 23.7 Å². The zero-order chi connectivity index (χ0) is 20.9. The second kappa shape index (κ2) is 8.93. The maximum absolute atomic E-state index is 12.8. The molecule has 1 amide bonds. The van der Waals surface area contributed by atoms with Gasteiger partial charge >= 0.3 is 5.69 Å². The number of sulfonamides is 1. The van der Waals surface area contributed by atoms with Crippen LogP contribution in [0.15, 0.2) is 52.2 Å². The SMILES string of the molecule is CCOCCCNC(=O)c1ccccc1NS(=O)(=O)c1ccc2[nH]c(=O)[nH]c2c1. The summed E-state index contributed by atoms with van der Waals surface area (Å²) in [7, 11) is -3.97. The highest BCUT2D eigenvalue weighted by Crippen LogP contribution is 2.22. The first-order chi connectivity index (χ1) is 13.9. The van der Waals surface area contributed by atoms with Crippen molar-refractivity contribution in [2.45, 2.75) is 18.2 Å². The standard InChI is InChI=1S/C19H22N4O5S/c1-2-28-11-5-10-20-18(24)14-6-3-4-7-15(14)23-29(26,27)13-8-9-16-17(12-13)22-19(25)21-16/h3-4,6-9,12,23H,2,5,10-11H2,1H3,(H,20,24)(H2,21,22,25). The summed E-state index contributed by atoms with van der Waals surface area (Å²) in [5, 5.41) is 2.75. The quantitative estimate of drug-likeness (QED) is 0.393. The Morgan fingerprint density at radius 2 is 1.86 bits per heavy atom. The molecule has 10 heteroatoms. The van der Waals surface area contributed by atoms with Crippen LogP contribution in [0.4, 0.5) is 5.69 Å². The summed E-state index contributed by atoms with van der Waals surface area (Å²) in [6.45, 7) is 3.46. The number of rotatable bonds is 9. The second-order valence-electron chi connectivity index (χ2n) is 6.24. The average Bonchev–Trinajstić information content (AvgIpc) is 3.07. The first-order valence-electron chi connectivity index (χ1n) is 9.10. The van der Waals surface area contributed by atoms with E-state index in [1.165, 1.54) is 24.3 Å². The number of hydrogen-bond acceptors (Lipinski definition) is 5. The Morgan fingerprint density at radius 1 is 1.10 bits per heavy atom. The molecule has 3 aromatic rings. The molecule has 0 unspecified atom stereocenters. The largest absolute Gasteiger partial charge is 0.382 e. The number of benzene rings is 2. The van der Waals surface area contributed by atoms with Gasteiger partial charge in [0.2, 0.25) is 0 Å². The van der Waals surface area contributed by atoms with Crippen molar-refractivity contribution in [2.24, 2.45) is 0 Å². The number of ether oxygens (including phenoxy) is 1. The fourth-order valence-electron chi connectivity index (χ4n) is 2.77.